The van der Waals surface area contributed by atoms with Gasteiger partial charge in [-0.2, -0.15) is 0 Å². The Morgan fingerprint density at radius 2 is 1.18 bits per heavy atom. The van der Waals surface area contributed by atoms with E-state index in [1.807, 2.05) is 67.6 Å². The average Bonchev–Trinajstić information content (AvgIpc) is 2.99. The van der Waals surface area contributed by atoms with Crippen molar-refractivity contribution in [2.24, 2.45) is 0 Å². The van der Waals surface area contributed by atoms with E-state index in [1.165, 1.54) is 11.8 Å². The van der Waals surface area contributed by atoms with E-state index in [2.05, 4.69) is 88.5 Å². The second kappa shape index (κ2) is 12.0. The van der Waals surface area contributed by atoms with E-state index in [4.69, 9.17) is 0 Å². The highest BCUT2D eigenvalue weighted by Crippen LogP contribution is 2.62. The van der Waals surface area contributed by atoms with Gasteiger partial charge in [-0.1, -0.05) is 90.1 Å². The van der Waals surface area contributed by atoms with Crippen LogP contribution in [0, 0.1) is 6.92 Å². The minimum atomic E-state index is -2.50. The van der Waals surface area contributed by atoms with Crippen LogP contribution in [0.15, 0.2) is 156 Å². The van der Waals surface area contributed by atoms with E-state index in [9.17, 15) is 4.79 Å². The molecule has 0 radical (unpaired) electrons. The van der Waals surface area contributed by atoms with Gasteiger partial charge < -0.3 is 0 Å². The summed E-state index contributed by atoms with van der Waals surface area (Å²) in [4.78, 5) is 18.3. The number of aromatic nitrogens is 1. The van der Waals surface area contributed by atoms with Crippen molar-refractivity contribution in [3.05, 3.63) is 162 Å². The molecule has 3 nitrogen and oxygen atoms in total. The zero-order valence-electron chi connectivity index (χ0n) is 21.1. The van der Waals surface area contributed by atoms with Crippen LogP contribution in [-0.2, 0) is 0 Å². The highest BCUT2D eigenvalue weighted by atomic mass is 32.2. The fourth-order valence-corrected chi connectivity index (χ4v) is 9.66. The van der Waals surface area contributed by atoms with Gasteiger partial charge in [-0.15, -0.1) is 0 Å². The van der Waals surface area contributed by atoms with Gasteiger partial charge in [0.2, 0.25) is 0 Å². The molecule has 0 bridgehead atoms. The number of nitrogens with zero attached hydrogens (tertiary/aromatic N) is 1. The summed E-state index contributed by atoms with van der Waals surface area (Å²) < 4.78 is 0. The molecule has 186 valence electrons. The van der Waals surface area contributed by atoms with Crippen LogP contribution in [0.2, 0.25) is 0 Å². The van der Waals surface area contributed by atoms with Crippen LogP contribution in [0.25, 0.3) is 0 Å². The predicted molar refractivity (Wildman–Crippen MR) is 162 cm³/mol. The maximum atomic E-state index is 13.8. The van der Waals surface area contributed by atoms with Crippen LogP contribution in [0.5, 0.6) is 0 Å². The molecule has 1 N–H and O–H groups in total. The van der Waals surface area contributed by atoms with E-state index in [-0.39, 0.29) is 5.91 Å². The summed E-state index contributed by atoms with van der Waals surface area (Å²) in [5.74, 6) is -0.134. The molecule has 38 heavy (non-hydrogen) atoms. The third-order valence-electron chi connectivity index (χ3n) is 6.28. The molecule has 0 fully saturated rings. The van der Waals surface area contributed by atoms with Gasteiger partial charge in [0.25, 0.3) is 5.91 Å². The molecule has 0 saturated carbocycles. The molecule has 1 aromatic heterocycles. The molecular formula is C33H28N2OPS+. The average molecular weight is 532 g/mol. The van der Waals surface area contributed by atoms with Crippen LogP contribution in [-0.4, -0.2) is 10.9 Å². The topological polar surface area (TPSA) is 42.0 Å². The molecule has 5 rings (SSSR count). The van der Waals surface area contributed by atoms with E-state index in [0.717, 1.165) is 31.9 Å². The van der Waals surface area contributed by atoms with E-state index in [0.29, 0.717) is 5.56 Å². The smallest absolute Gasteiger partial charge is 0.258 e. The number of benzene rings is 4. The number of nitrogens with one attached hydrogen (secondary N) is 1. The first-order chi connectivity index (χ1) is 18.7. The first-order valence-corrected chi connectivity index (χ1v) is 15.1. The number of pyridine rings is 1. The molecule has 1 amide bonds. The largest absolute Gasteiger partial charge is 0.291 e. The SMILES string of the molecule is Cc1ccc(C(=O)N/C(=C/Sc2ccccn2)[P+](c2ccccc2)(c2ccccc2)c2ccccc2)cc1. The second-order valence-corrected chi connectivity index (χ2v) is 13.0. The van der Waals surface area contributed by atoms with Crippen molar-refractivity contribution in [2.75, 3.05) is 0 Å². The summed E-state index contributed by atoms with van der Waals surface area (Å²) in [6, 6.07) is 45.1. The van der Waals surface area contributed by atoms with Crippen LogP contribution in [0.4, 0.5) is 0 Å². The van der Waals surface area contributed by atoms with Crippen molar-refractivity contribution < 1.29 is 4.79 Å². The molecule has 0 saturated heterocycles. The van der Waals surface area contributed by atoms with Crippen molar-refractivity contribution in [3.63, 3.8) is 0 Å². The number of aryl methyl sites for hydroxylation is 1. The summed E-state index contributed by atoms with van der Waals surface area (Å²) in [5.41, 5.74) is 2.60. The zero-order chi connectivity index (χ0) is 26.2. The molecule has 4 aromatic carbocycles. The van der Waals surface area contributed by atoms with Gasteiger partial charge >= 0.3 is 0 Å². The third kappa shape index (κ3) is 5.47. The van der Waals surface area contributed by atoms with Gasteiger partial charge in [0.1, 0.15) is 20.9 Å². The number of amides is 1. The molecule has 0 aliphatic carbocycles. The van der Waals surface area contributed by atoms with Crippen molar-refractivity contribution in [2.45, 2.75) is 11.9 Å². The number of carbonyl (C=O) groups excluding carboxylic acids is 1. The number of carbonyl (C=O) groups is 1. The lowest BCUT2D eigenvalue weighted by Crippen LogP contribution is -2.38. The third-order valence-corrected chi connectivity index (χ3v) is 11.5. The van der Waals surface area contributed by atoms with Gasteiger partial charge in [-0.25, -0.2) is 4.98 Å². The van der Waals surface area contributed by atoms with E-state index < -0.39 is 7.26 Å². The standard InChI is InChI=1S/C33H27N2OPS/c1-26-20-22-27(23-21-26)33(36)35-31(25-38-32-19-11-12-24-34-32)37(28-13-5-2-6-14-28,29-15-7-3-8-16-29)30-17-9-4-10-18-30/h2-25H,1H3/p+1/b31-25-. The fraction of sp³-hybridized carbons (Fsp3) is 0.0303. The van der Waals surface area contributed by atoms with Crippen molar-refractivity contribution in [1.82, 2.24) is 10.3 Å². The molecule has 5 aromatic rings. The van der Waals surface area contributed by atoms with Crippen LogP contribution >= 0.6 is 19.0 Å². The summed E-state index contributed by atoms with van der Waals surface area (Å²) in [6.07, 6.45) is 1.79. The van der Waals surface area contributed by atoms with E-state index >= 15 is 0 Å². The maximum absolute atomic E-state index is 13.8. The Morgan fingerprint density at radius 1 is 0.684 bits per heavy atom. The van der Waals surface area contributed by atoms with Crippen molar-refractivity contribution in [1.29, 1.82) is 0 Å². The Kier molecular flexibility index (Phi) is 8.13. The normalized spacial score (nSPS) is 11.7. The first-order valence-electron chi connectivity index (χ1n) is 12.4. The zero-order valence-corrected chi connectivity index (χ0v) is 22.8. The van der Waals surface area contributed by atoms with Crippen molar-refractivity contribution >= 4 is 40.8 Å². The first kappa shape index (κ1) is 25.7. The van der Waals surface area contributed by atoms with Crippen LogP contribution in [0.1, 0.15) is 15.9 Å². The van der Waals surface area contributed by atoms with Gasteiger partial charge in [0.05, 0.1) is 0 Å². The van der Waals surface area contributed by atoms with Gasteiger partial charge in [-0.05, 0) is 67.6 Å². The molecule has 1 heterocycles. The lowest BCUT2D eigenvalue weighted by Gasteiger charge is -2.29. The predicted octanol–water partition coefficient (Wildman–Crippen LogP) is 6.71. The maximum Gasteiger partial charge on any atom is 0.258 e. The molecule has 0 unspecified atom stereocenters. The number of thioether (sulfide) groups is 1. The summed E-state index contributed by atoms with van der Waals surface area (Å²) in [6.45, 7) is 2.02. The molecule has 0 aliphatic heterocycles. The monoisotopic (exact) mass is 531 g/mol. The Bertz CT molecular complexity index is 1410. The van der Waals surface area contributed by atoms with Crippen molar-refractivity contribution in [3.8, 4) is 0 Å². The minimum Gasteiger partial charge on any atom is -0.291 e. The molecule has 0 spiro atoms. The van der Waals surface area contributed by atoms with Crippen LogP contribution in [0.3, 0.4) is 0 Å². The van der Waals surface area contributed by atoms with Crippen LogP contribution < -0.4 is 21.2 Å². The number of rotatable bonds is 8. The summed E-state index contributed by atoms with van der Waals surface area (Å²) >= 11 is 1.52. The number of hydrogen-bond acceptors (Lipinski definition) is 3. The highest BCUT2D eigenvalue weighted by Gasteiger charge is 2.50. The summed E-state index contributed by atoms with van der Waals surface area (Å²) in [7, 11) is -2.50. The Balaban J connectivity index is 1.76. The number of hydrogen-bond donors (Lipinski definition) is 1. The molecule has 5 heteroatoms. The lowest BCUT2D eigenvalue weighted by molar-refractivity contribution is 0.0968. The quantitative estimate of drug-likeness (QED) is 0.179. The van der Waals surface area contributed by atoms with Gasteiger partial charge in [0.15, 0.2) is 12.7 Å². The Labute approximate surface area is 229 Å². The second-order valence-electron chi connectivity index (χ2n) is 8.79. The molecule has 0 atom stereocenters. The van der Waals surface area contributed by atoms with Gasteiger partial charge in [0, 0.05) is 17.2 Å². The minimum absolute atomic E-state index is 0.134. The van der Waals surface area contributed by atoms with E-state index in [1.54, 1.807) is 6.20 Å². The molecule has 0 aliphatic rings. The summed E-state index contributed by atoms with van der Waals surface area (Å²) in [5, 5.41) is 9.81. The lowest BCUT2D eigenvalue weighted by atomic mass is 10.1. The fourth-order valence-electron chi connectivity index (χ4n) is 4.44. The van der Waals surface area contributed by atoms with Gasteiger partial charge in [-0.3, -0.25) is 10.1 Å². The Morgan fingerprint density at radius 3 is 1.66 bits per heavy atom. The molecular weight excluding hydrogens is 503 g/mol. The Hall–Kier alpha value is -3.98. The highest BCUT2D eigenvalue weighted by molar-refractivity contribution is 8.04.